The maximum atomic E-state index is 11.8. The fourth-order valence-electron chi connectivity index (χ4n) is 1.45. The first-order valence-electron chi connectivity index (χ1n) is 5.65. The largest absolute Gasteiger partial charge is 0.279 e. The summed E-state index contributed by atoms with van der Waals surface area (Å²) in [5.41, 5.74) is 4.68. The standard InChI is InChI=1S/C12H11N3O4S2/c13-21(18,19)9-5-3-8(4-6-9)11(16)14-15-12(17)10-2-1-7-20-10/h1-7H,(H,14,16)(H,15,17)(H2,13,18,19). The second-order valence-electron chi connectivity index (χ2n) is 3.95. The lowest BCUT2D eigenvalue weighted by Gasteiger charge is -2.06. The summed E-state index contributed by atoms with van der Waals surface area (Å²) in [5.74, 6) is -1.000. The molecule has 0 aliphatic carbocycles. The zero-order valence-electron chi connectivity index (χ0n) is 10.6. The van der Waals surface area contributed by atoms with Gasteiger partial charge in [0.2, 0.25) is 10.0 Å². The minimum atomic E-state index is -3.80. The lowest BCUT2D eigenvalue weighted by Crippen LogP contribution is -2.41. The summed E-state index contributed by atoms with van der Waals surface area (Å²) in [6.45, 7) is 0. The molecule has 0 bridgehead atoms. The van der Waals surface area contributed by atoms with Crippen molar-refractivity contribution in [3.8, 4) is 0 Å². The molecule has 2 amide bonds. The van der Waals surface area contributed by atoms with E-state index >= 15 is 0 Å². The van der Waals surface area contributed by atoms with Crippen molar-refractivity contribution in [2.75, 3.05) is 0 Å². The molecule has 2 rings (SSSR count). The number of carbonyl (C=O) groups is 2. The van der Waals surface area contributed by atoms with Crippen molar-refractivity contribution < 1.29 is 18.0 Å². The molecule has 0 spiro atoms. The minimum Gasteiger partial charge on any atom is -0.267 e. The molecule has 110 valence electrons. The van der Waals surface area contributed by atoms with Crippen LogP contribution in [-0.4, -0.2) is 20.2 Å². The van der Waals surface area contributed by atoms with Crippen molar-refractivity contribution in [2.45, 2.75) is 4.90 Å². The van der Waals surface area contributed by atoms with Crippen molar-refractivity contribution in [3.63, 3.8) is 0 Å². The Balaban J connectivity index is 1.99. The summed E-state index contributed by atoms with van der Waals surface area (Å²) in [6.07, 6.45) is 0. The number of nitrogens with one attached hydrogen (secondary N) is 2. The minimum absolute atomic E-state index is 0.0957. The van der Waals surface area contributed by atoms with Gasteiger partial charge in [-0.05, 0) is 35.7 Å². The highest BCUT2D eigenvalue weighted by Crippen LogP contribution is 2.09. The first-order chi connectivity index (χ1) is 9.88. The van der Waals surface area contributed by atoms with Crippen LogP contribution in [0.1, 0.15) is 20.0 Å². The summed E-state index contributed by atoms with van der Waals surface area (Å²) >= 11 is 1.24. The normalized spacial score (nSPS) is 10.9. The van der Waals surface area contributed by atoms with Gasteiger partial charge in [-0.25, -0.2) is 13.6 Å². The Morgan fingerprint density at radius 2 is 1.62 bits per heavy atom. The molecule has 0 aliphatic rings. The Hall–Kier alpha value is -2.23. The number of hydrogen-bond acceptors (Lipinski definition) is 5. The molecule has 0 radical (unpaired) electrons. The lowest BCUT2D eigenvalue weighted by molar-refractivity contribution is 0.0849. The second-order valence-corrected chi connectivity index (χ2v) is 6.46. The van der Waals surface area contributed by atoms with Gasteiger partial charge in [-0.3, -0.25) is 20.4 Å². The van der Waals surface area contributed by atoms with Crippen LogP contribution >= 0.6 is 11.3 Å². The predicted molar refractivity (Wildman–Crippen MR) is 77.1 cm³/mol. The summed E-state index contributed by atoms with van der Waals surface area (Å²) in [7, 11) is -3.80. The number of hydrazine groups is 1. The van der Waals surface area contributed by atoms with Crippen molar-refractivity contribution in [1.82, 2.24) is 10.9 Å². The number of rotatable bonds is 3. The van der Waals surface area contributed by atoms with E-state index in [2.05, 4.69) is 10.9 Å². The van der Waals surface area contributed by atoms with Crippen LogP contribution in [0.2, 0.25) is 0 Å². The van der Waals surface area contributed by atoms with Crippen LogP contribution in [-0.2, 0) is 10.0 Å². The average molecular weight is 325 g/mol. The summed E-state index contributed by atoms with van der Waals surface area (Å²) in [4.78, 5) is 23.8. The molecule has 1 aromatic carbocycles. The lowest BCUT2D eigenvalue weighted by atomic mass is 10.2. The van der Waals surface area contributed by atoms with E-state index in [4.69, 9.17) is 5.14 Å². The molecule has 1 aromatic heterocycles. The van der Waals surface area contributed by atoms with E-state index in [1.165, 1.54) is 35.6 Å². The molecule has 7 nitrogen and oxygen atoms in total. The molecule has 1 heterocycles. The Kier molecular flexibility index (Phi) is 4.36. The van der Waals surface area contributed by atoms with Gasteiger partial charge < -0.3 is 0 Å². The smallest absolute Gasteiger partial charge is 0.267 e. The fraction of sp³-hybridized carbons (Fsp3) is 0. The first-order valence-corrected chi connectivity index (χ1v) is 8.07. The molecule has 0 unspecified atom stereocenters. The Morgan fingerprint density at radius 3 is 2.14 bits per heavy atom. The van der Waals surface area contributed by atoms with Gasteiger partial charge in [-0.1, -0.05) is 6.07 Å². The Bertz CT molecular complexity index is 752. The third-order valence-electron chi connectivity index (χ3n) is 2.48. The number of nitrogens with two attached hydrogens (primary N) is 1. The number of amides is 2. The van der Waals surface area contributed by atoms with Crippen LogP contribution in [0.3, 0.4) is 0 Å². The Morgan fingerprint density at radius 1 is 1.00 bits per heavy atom. The van der Waals surface area contributed by atoms with E-state index in [0.29, 0.717) is 4.88 Å². The van der Waals surface area contributed by atoms with E-state index in [-0.39, 0.29) is 10.5 Å². The van der Waals surface area contributed by atoms with E-state index in [0.717, 1.165) is 0 Å². The van der Waals surface area contributed by atoms with Gasteiger partial charge in [-0.2, -0.15) is 0 Å². The van der Waals surface area contributed by atoms with Crippen molar-refractivity contribution in [3.05, 3.63) is 52.2 Å². The van der Waals surface area contributed by atoms with Gasteiger partial charge in [-0.15, -0.1) is 11.3 Å². The quantitative estimate of drug-likeness (QED) is 0.711. The molecule has 9 heteroatoms. The topological polar surface area (TPSA) is 118 Å². The summed E-state index contributed by atoms with van der Waals surface area (Å²) < 4.78 is 22.2. The van der Waals surface area contributed by atoms with Gasteiger partial charge in [0, 0.05) is 5.56 Å². The first kappa shape index (κ1) is 15.2. The van der Waals surface area contributed by atoms with Crippen LogP contribution in [0.15, 0.2) is 46.7 Å². The number of hydrogen-bond donors (Lipinski definition) is 3. The molecule has 0 fully saturated rings. The highest BCUT2D eigenvalue weighted by atomic mass is 32.2. The van der Waals surface area contributed by atoms with Crippen LogP contribution in [0, 0.1) is 0 Å². The number of primary sulfonamides is 1. The maximum Gasteiger partial charge on any atom is 0.279 e. The molecule has 4 N–H and O–H groups in total. The Labute approximate surface area is 124 Å². The van der Waals surface area contributed by atoms with Gasteiger partial charge in [0.1, 0.15) is 0 Å². The van der Waals surface area contributed by atoms with Gasteiger partial charge in [0.05, 0.1) is 9.77 Å². The van der Waals surface area contributed by atoms with Gasteiger partial charge >= 0.3 is 0 Å². The summed E-state index contributed by atoms with van der Waals surface area (Å²) in [6, 6.07) is 8.36. The molecule has 0 saturated carbocycles. The van der Waals surface area contributed by atoms with Crippen molar-refractivity contribution in [1.29, 1.82) is 0 Å². The highest BCUT2D eigenvalue weighted by molar-refractivity contribution is 7.89. The molecule has 0 aliphatic heterocycles. The fourth-order valence-corrected chi connectivity index (χ4v) is 2.59. The van der Waals surface area contributed by atoms with E-state index < -0.39 is 21.8 Å². The number of carbonyl (C=O) groups excluding carboxylic acids is 2. The average Bonchev–Trinajstić information content (AvgIpc) is 2.98. The van der Waals surface area contributed by atoms with E-state index in [1.54, 1.807) is 17.5 Å². The zero-order valence-corrected chi connectivity index (χ0v) is 12.2. The van der Waals surface area contributed by atoms with Crippen molar-refractivity contribution >= 4 is 33.2 Å². The van der Waals surface area contributed by atoms with Crippen LogP contribution in [0.5, 0.6) is 0 Å². The molecule has 21 heavy (non-hydrogen) atoms. The monoisotopic (exact) mass is 325 g/mol. The van der Waals surface area contributed by atoms with E-state index in [9.17, 15) is 18.0 Å². The molecular weight excluding hydrogens is 314 g/mol. The van der Waals surface area contributed by atoms with Gasteiger partial charge in [0.25, 0.3) is 11.8 Å². The zero-order chi connectivity index (χ0) is 15.5. The molecule has 2 aromatic rings. The van der Waals surface area contributed by atoms with Crippen molar-refractivity contribution in [2.24, 2.45) is 5.14 Å². The molecule has 0 atom stereocenters. The number of sulfonamides is 1. The molecule has 0 saturated heterocycles. The van der Waals surface area contributed by atoms with Crippen LogP contribution in [0.25, 0.3) is 0 Å². The third kappa shape index (κ3) is 3.88. The highest BCUT2D eigenvalue weighted by Gasteiger charge is 2.12. The third-order valence-corrected chi connectivity index (χ3v) is 4.28. The van der Waals surface area contributed by atoms with E-state index in [1.807, 2.05) is 0 Å². The predicted octanol–water partition coefficient (Wildman–Crippen LogP) is 0.470. The number of thiophene rings is 1. The van der Waals surface area contributed by atoms with Crippen LogP contribution in [0.4, 0.5) is 0 Å². The maximum absolute atomic E-state index is 11.8. The SMILES string of the molecule is NS(=O)(=O)c1ccc(C(=O)NNC(=O)c2cccs2)cc1. The summed E-state index contributed by atoms with van der Waals surface area (Å²) in [5, 5.41) is 6.69. The van der Waals surface area contributed by atoms with Crippen LogP contribution < -0.4 is 16.0 Å². The number of benzene rings is 1. The van der Waals surface area contributed by atoms with Gasteiger partial charge in [0.15, 0.2) is 0 Å². The molecular formula is C12H11N3O4S2. The second kappa shape index (κ2) is 6.04.